The minimum Gasteiger partial charge on any atom is -0.506 e. The number of aliphatic hydroxyl groups is 3. The maximum atomic E-state index is 13.3. The molecule has 3 aliphatic heterocycles. The number of ether oxygens (including phenoxy) is 6. The summed E-state index contributed by atoms with van der Waals surface area (Å²) in [5, 5.41) is 50.2. The predicted molar refractivity (Wildman–Crippen MR) is 446 cm³/mol. The number of phenols is 1. The highest BCUT2D eigenvalue weighted by Gasteiger charge is 2.50. The number of piperidine rings is 3. The van der Waals surface area contributed by atoms with Gasteiger partial charge < -0.3 is 79.9 Å². The number of benzene rings is 8. The molecule has 3 unspecified atom stereocenters. The monoisotopic (exact) mass is 1650 g/mol. The van der Waals surface area contributed by atoms with Gasteiger partial charge in [-0.15, -0.1) is 0 Å². The molecular weight excluding hydrogens is 1540 g/mol. The van der Waals surface area contributed by atoms with Crippen LogP contribution in [0.4, 0.5) is 13.2 Å². The molecule has 0 radical (unpaired) electrons. The maximum absolute atomic E-state index is 13.3. The lowest BCUT2D eigenvalue weighted by Crippen LogP contribution is -2.58. The van der Waals surface area contributed by atoms with Gasteiger partial charge >= 0.3 is 5.97 Å². The Balaban J connectivity index is 0.000000214. The fraction of sp³-hybridized carbons (Fsp3) is 0.433. The Bertz CT molecular complexity index is 4240. The van der Waals surface area contributed by atoms with Gasteiger partial charge in [0.15, 0.2) is 0 Å². The maximum Gasteiger partial charge on any atom is 0.341 e. The lowest BCUT2D eigenvalue weighted by atomic mass is 9.67. The van der Waals surface area contributed by atoms with E-state index in [1.807, 2.05) is 60.7 Å². The number of amides is 2. The summed E-state index contributed by atoms with van der Waals surface area (Å²) in [7, 11) is 5.90. The van der Waals surface area contributed by atoms with Crippen LogP contribution < -0.4 is 40.1 Å². The van der Waals surface area contributed by atoms with Crippen LogP contribution >= 0.6 is 34.8 Å². The van der Waals surface area contributed by atoms with Crippen LogP contribution in [0.25, 0.3) is 0 Å². The second-order valence-corrected chi connectivity index (χ2v) is 32.6. The number of nitrogens with one attached hydrogen (secondary N) is 2. The molecule has 8 aromatic rings. The van der Waals surface area contributed by atoms with Gasteiger partial charge in [0.25, 0.3) is 11.8 Å². The highest BCUT2D eigenvalue weighted by molar-refractivity contribution is 6.33. The topological polar surface area (TPSA) is 247 Å². The Hall–Kier alpha value is -8.65. The van der Waals surface area contributed by atoms with Crippen LogP contribution in [0.1, 0.15) is 139 Å². The van der Waals surface area contributed by atoms with Gasteiger partial charge in [0, 0.05) is 127 Å². The Kier molecular flexibility index (Phi) is 33.9. The first-order chi connectivity index (χ1) is 54.7. The third-order valence-corrected chi connectivity index (χ3v) is 22.9. The molecule has 3 fully saturated rings. The van der Waals surface area contributed by atoms with E-state index in [4.69, 9.17) is 63.2 Å². The SMILES string of the molecule is CN.CNC(=O)c1cc(Cl)c(O)cc1OCCCN1CCC(O)(Cc2ccc(F)cc2)C(C)(C)C1.CNC(=O)c1cc(Cl)c(OCc2ccccc2)cc1OCCCN1CCC(O)(Cc2ccc(F)cc2)C(C)(C)C1.COC(=O)c1cc(Cl)c(OCc2ccccc2)cc1OCCCN1CCC(O)(Cc2ccc(F)cc2)C(C)(C)C1. The molecule has 3 aliphatic rings. The smallest absolute Gasteiger partial charge is 0.341 e. The fourth-order valence-electron chi connectivity index (χ4n) is 14.7. The first kappa shape index (κ1) is 91.9. The Morgan fingerprint density at radius 1 is 0.426 bits per heavy atom. The van der Waals surface area contributed by atoms with Crippen LogP contribution in [0.5, 0.6) is 34.5 Å². The van der Waals surface area contributed by atoms with E-state index < -0.39 is 22.8 Å². The molecule has 0 aromatic heterocycles. The summed E-state index contributed by atoms with van der Waals surface area (Å²) in [5.74, 6) is -0.215. The van der Waals surface area contributed by atoms with Crippen LogP contribution in [0.15, 0.2) is 170 Å². The van der Waals surface area contributed by atoms with E-state index in [1.165, 1.54) is 75.8 Å². The van der Waals surface area contributed by atoms with Gasteiger partial charge in [0.1, 0.15) is 70.7 Å². The molecule has 115 heavy (non-hydrogen) atoms. The molecule has 0 saturated carbocycles. The number of rotatable bonds is 30. The normalized spacial score (nSPS) is 19.0. The molecule has 11 rings (SSSR count). The average molecular weight is 1650 g/mol. The lowest BCUT2D eigenvalue weighted by molar-refractivity contribution is -0.118. The zero-order valence-electron chi connectivity index (χ0n) is 67.6. The Morgan fingerprint density at radius 2 is 0.730 bits per heavy atom. The number of nitrogens with zero attached hydrogens (tertiary/aromatic N) is 3. The summed E-state index contributed by atoms with van der Waals surface area (Å²) in [5.41, 5.74) is 6.44. The highest BCUT2D eigenvalue weighted by atomic mass is 35.5. The number of hydrogen-bond acceptors (Lipinski definition) is 17. The fourth-order valence-corrected chi connectivity index (χ4v) is 15.3. The molecule has 0 aliphatic carbocycles. The number of hydrogen-bond donors (Lipinski definition) is 7. The van der Waals surface area contributed by atoms with Crippen molar-refractivity contribution in [2.45, 2.75) is 129 Å². The van der Waals surface area contributed by atoms with E-state index >= 15 is 0 Å². The zero-order valence-corrected chi connectivity index (χ0v) is 69.8. The number of nitrogens with two attached hydrogens (primary N) is 1. The van der Waals surface area contributed by atoms with E-state index in [2.05, 4.69) is 72.6 Å². The predicted octanol–water partition coefficient (Wildman–Crippen LogP) is 15.8. The van der Waals surface area contributed by atoms with Gasteiger partial charge in [-0.05, 0) is 128 Å². The number of aromatic hydroxyl groups is 1. The standard InChI is InChI=1S/C32H38ClFN2O4.C32H37ClFNO5.C25H32ClFN2O4.CH5N/c1-31(2)22-36(16-14-32(31,38)20-23-10-12-25(34)13-11-23)15-7-17-39-28-19-29(27(33)18-26(28)30(37)35-3)40-21-24-8-5-4-6-9-24;1-31(2)22-35(16-14-32(31,37)20-23-10-12-25(34)13-11-23)15-7-17-39-28-19-29(27(33)18-26(28)30(36)38-3)40-21-24-8-5-4-6-9-24;1-24(2)16-29(11-9-25(24,32)15-17-5-7-18(27)8-6-17)10-4-12-33-22-14-21(30)20(26)13-19(22)23(31)28-3;1-2/h4-6,8-13,18-19,38H,7,14-17,20-22H2,1-3H3,(H,35,37);4-6,8-13,18-19,37H,7,14-17,20-22H2,1-3H3;5-8,13-14,30,32H,4,9-12,15-16H2,1-3H3,(H,28,31);2H2,1H3. The lowest BCUT2D eigenvalue weighted by Gasteiger charge is -2.50. The van der Waals surface area contributed by atoms with Gasteiger partial charge in [-0.1, -0.05) is 173 Å². The average Bonchev–Trinajstić information content (AvgIpc) is 0.777. The molecule has 25 heteroatoms. The molecule has 19 nitrogen and oxygen atoms in total. The van der Waals surface area contributed by atoms with Crippen LogP contribution in [0.3, 0.4) is 0 Å². The third-order valence-electron chi connectivity index (χ3n) is 22.0. The molecule has 3 heterocycles. The van der Waals surface area contributed by atoms with Crippen molar-refractivity contribution < 1.29 is 76.4 Å². The van der Waals surface area contributed by atoms with E-state index in [-0.39, 0.29) is 73.2 Å². The minimum atomic E-state index is -0.882. The molecule has 0 bridgehead atoms. The second kappa shape index (κ2) is 42.5. The molecule has 8 aromatic carbocycles. The van der Waals surface area contributed by atoms with Crippen molar-refractivity contribution in [3.63, 3.8) is 0 Å². The largest absolute Gasteiger partial charge is 0.506 e. The highest BCUT2D eigenvalue weighted by Crippen LogP contribution is 2.45. The van der Waals surface area contributed by atoms with Gasteiger partial charge in [0.05, 0.1) is 69.9 Å². The van der Waals surface area contributed by atoms with Crippen molar-refractivity contribution in [2.75, 3.05) is 107 Å². The molecule has 3 atom stereocenters. The van der Waals surface area contributed by atoms with Crippen molar-refractivity contribution in [3.05, 3.63) is 247 Å². The van der Waals surface area contributed by atoms with Crippen molar-refractivity contribution in [1.82, 2.24) is 25.3 Å². The van der Waals surface area contributed by atoms with Crippen LogP contribution in [-0.2, 0) is 37.2 Å². The molecule has 3 saturated heterocycles. The number of esters is 1. The number of halogens is 6. The molecule has 622 valence electrons. The minimum absolute atomic E-state index is 0.0876. The number of likely N-dealkylation sites (tertiary alicyclic amines) is 3. The zero-order chi connectivity index (χ0) is 83.7. The molecular formula is C90H112Cl3F3N6O13. The number of phenolic OH excluding ortho intramolecular Hbond substituents is 1. The van der Waals surface area contributed by atoms with Gasteiger partial charge in [-0.2, -0.15) is 0 Å². The van der Waals surface area contributed by atoms with E-state index in [9.17, 15) is 48.0 Å². The van der Waals surface area contributed by atoms with Crippen LogP contribution in [-0.4, -0.2) is 177 Å². The van der Waals surface area contributed by atoms with E-state index in [1.54, 1.807) is 61.6 Å². The van der Waals surface area contributed by atoms with Gasteiger partial charge in [-0.3, -0.25) is 9.59 Å². The van der Waals surface area contributed by atoms with Crippen LogP contribution in [0, 0.1) is 33.7 Å². The van der Waals surface area contributed by atoms with Crippen LogP contribution in [0.2, 0.25) is 15.1 Å². The quantitative estimate of drug-likeness (QED) is 0.0163. The third kappa shape index (κ3) is 25.7. The summed E-state index contributed by atoms with van der Waals surface area (Å²) in [6, 6.07) is 47.7. The van der Waals surface area contributed by atoms with Crippen molar-refractivity contribution in [1.29, 1.82) is 0 Å². The van der Waals surface area contributed by atoms with E-state index in [0.717, 1.165) is 99.6 Å². The summed E-state index contributed by atoms with van der Waals surface area (Å²) in [6.07, 6.45) is 5.48. The summed E-state index contributed by atoms with van der Waals surface area (Å²) < 4.78 is 74.5. The van der Waals surface area contributed by atoms with Gasteiger partial charge in [-0.25, -0.2) is 18.0 Å². The molecule has 8 N–H and O–H groups in total. The number of methoxy groups -OCH3 is 1. The Morgan fingerprint density at radius 3 is 1.04 bits per heavy atom. The summed E-state index contributed by atoms with van der Waals surface area (Å²) in [4.78, 5) is 43.9. The van der Waals surface area contributed by atoms with Crippen molar-refractivity contribution in [2.24, 2.45) is 22.0 Å². The summed E-state index contributed by atoms with van der Waals surface area (Å²) in [6.45, 7) is 21.0. The van der Waals surface area contributed by atoms with Gasteiger partial charge in [0.2, 0.25) is 0 Å². The number of carbonyl (C=O) groups is 3. The molecule has 2 amide bonds. The van der Waals surface area contributed by atoms with E-state index in [0.29, 0.717) is 117 Å². The first-order valence-electron chi connectivity index (χ1n) is 38.8. The Labute approximate surface area is 690 Å². The molecule has 0 spiro atoms. The second-order valence-electron chi connectivity index (χ2n) is 31.4. The first-order valence-corrected chi connectivity index (χ1v) is 40.0. The van der Waals surface area contributed by atoms with Crippen molar-refractivity contribution >= 4 is 52.6 Å². The summed E-state index contributed by atoms with van der Waals surface area (Å²) >= 11 is 18.8. The number of carbonyl (C=O) groups excluding carboxylic acids is 3. The van der Waals surface area contributed by atoms with Crippen molar-refractivity contribution in [3.8, 4) is 34.5 Å².